The van der Waals surface area contributed by atoms with Gasteiger partial charge < -0.3 is 20.7 Å². The minimum atomic E-state index is 0.190. The highest BCUT2D eigenvalue weighted by molar-refractivity contribution is 5.78. The Balaban J connectivity index is 1.56. The molecular weight excluding hydrogens is 314 g/mol. The number of unbranched alkanes of at least 4 members (excludes halogenated alkanes) is 1. The van der Waals surface area contributed by atoms with Gasteiger partial charge in [0.25, 0.3) is 0 Å². The molecule has 0 spiro atoms. The van der Waals surface area contributed by atoms with Crippen molar-refractivity contribution in [2.24, 2.45) is 10.7 Å². The quantitative estimate of drug-likeness (QED) is 0.403. The van der Waals surface area contributed by atoms with Gasteiger partial charge in [0.15, 0.2) is 5.96 Å². The second-order valence-electron chi connectivity index (χ2n) is 6.64. The van der Waals surface area contributed by atoms with Crippen LogP contribution in [0.4, 0.5) is 5.69 Å². The van der Waals surface area contributed by atoms with E-state index >= 15 is 0 Å². The first kappa shape index (κ1) is 19.5. The Kier molecular flexibility index (Phi) is 8.55. The number of nitrogens with one attached hydrogen (secondary N) is 1. The summed E-state index contributed by atoms with van der Waals surface area (Å²) < 4.78 is 5.07. The van der Waals surface area contributed by atoms with Gasteiger partial charge in [0, 0.05) is 51.6 Å². The van der Waals surface area contributed by atoms with Crippen molar-refractivity contribution in [2.75, 3.05) is 57.9 Å². The van der Waals surface area contributed by atoms with Crippen molar-refractivity contribution in [1.29, 1.82) is 0 Å². The van der Waals surface area contributed by atoms with Crippen LogP contribution in [0.1, 0.15) is 19.8 Å². The van der Waals surface area contributed by atoms with E-state index < -0.39 is 0 Å². The number of anilines is 1. The zero-order chi connectivity index (χ0) is 17.9. The molecule has 0 radical (unpaired) electrons. The second-order valence-corrected chi connectivity index (χ2v) is 6.64. The summed E-state index contributed by atoms with van der Waals surface area (Å²) in [5, 5.41) is 3.13. The van der Waals surface area contributed by atoms with Gasteiger partial charge in [0.2, 0.25) is 0 Å². The molecule has 6 nitrogen and oxygen atoms in total. The Morgan fingerprint density at radius 1 is 1.20 bits per heavy atom. The van der Waals surface area contributed by atoms with E-state index in [1.165, 1.54) is 5.69 Å². The Morgan fingerprint density at radius 2 is 1.92 bits per heavy atom. The van der Waals surface area contributed by atoms with E-state index in [1.54, 1.807) is 7.11 Å². The maximum absolute atomic E-state index is 5.87. The number of ether oxygens (including phenoxy) is 1. The molecule has 1 aliphatic heterocycles. The molecule has 25 heavy (non-hydrogen) atoms. The van der Waals surface area contributed by atoms with Crippen LogP contribution in [-0.2, 0) is 4.74 Å². The smallest absolute Gasteiger partial charge is 0.188 e. The summed E-state index contributed by atoms with van der Waals surface area (Å²) in [6.07, 6.45) is 2.23. The normalized spacial score (nSPS) is 17.5. The number of guanidine groups is 1. The number of aliphatic imine (C=N–C) groups is 1. The summed E-state index contributed by atoms with van der Waals surface area (Å²) in [4.78, 5) is 9.40. The molecular formula is C19H33N5O. The molecule has 0 aliphatic carbocycles. The SMILES string of the molecule is COCC(C)NC(N)=NCCCCN1CCN(c2ccccc2)CC1. The molecule has 1 aromatic carbocycles. The van der Waals surface area contributed by atoms with Gasteiger partial charge in [-0.05, 0) is 38.4 Å². The van der Waals surface area contributed by atoms with Crippen LogP contribution in [0, 0.1) is 0 Å². The largest absolute Gasteiger partial charge is 0.383 e. The van der Waals surface area contributed by atoms with Crippen LogP contribution in [0.2, 0.25) is 0 Å². The topological polar surface area (TPSA) is 66.1 Å². The Morgan fingerprint density at radius 3 is 2.60 bits per heavy atom. The number of methoxy groups -OCH3 is 1. The molecule has 0 saturated carbocycles. The third kappa shape index (κ3) is 7.32. The average molecular weight is 348 g/mol. The fourth-order valence-electron chi connectivity index (χ4n) is 3.10. The zero-order valence-electron chi connectivity index (χ0n) is 15.7. The Hall–Kier alpha value is -1.79. The van der Waals surface area contributed by atoms with E-state index in [4.69, 9.17) is 10.5 Å². The molecule has 3 N–H and O–H groups in total. The number of hydrogen-bond acceptors (Lipinski definition) is 4. The summed E-state index contributed by atoms with van der Waals surface area (Å²) in [7, 11) is 1.69. The summed E-state index contributed by atoms with van der Waals surface area (Å²) in [6, 6.07) is 10.9. The first-order chi connectivity index (χ1) is 12.2. The zero-order valence-corrected chi connectivity index (χ0v) is 15.7. The van der Waals surface area contributed by atoms with E-state index in [1.807, 2.05) is 6.92 Å². The van der Waals surface area contributed by atoms with E-state index in [0.717, 1.165) is 52.1 Å². The Labute approximate surface area is 152 Å². The van der Waals surface area contributed by atoms with Gasteiger partial charge >= 0.3 is 0 Å². The lowest BCUT2D eigenvalue weighted by atomic mass is 10.2. The van der Waals surface area contributed by atoms with Crippen molar-refractivity contribution in [1.82, 2.24) is 10.2 Å². The predicted molar refractivity (Wildman–Crippen MR) is 105 cm³/mol. The van der Waals surface area contributed by atoms with Gasteiger partial charge in [-0.1, -0.05) is 18.2 Å². The number of nitrogens with zero attached hydrogens (tertiary/aromatic N) is 3. The fourth-order valence-corrected chi connectivity index (χ4v) is 3.10. The monoisotopic (exact) mass is 347 g/mol. The van der Waals surface area contributed by atoms with Crippen molar-refractivity contribution in [3.05, 3.63) is 30.3 Å². The number of hydrogen-bond donors (Lipinski definition) is 2. The van der Waals surface area contributed by atoms with Crippen LogP contribution in [0.5, 0.6) is 0 Å². The highest BCUT2D eigenvalue weighted by Gasteiger charge is 2.16. The number of rotatable bonds is 9. The van der Waals surface area contributed by atoms with Crippen LogP contribution >= 0.6 is 0 Å². The van der Waals surface area contributed by atoms with Crippen LogP contribution in [0.25, 0.3) is 0 Å². The number of benzene rings is 1. The standard InChI is InChI=1S/C19H33N5O/c1-17(16-25-2)22-19(20)21-10-6-7-11-23-12-14-24(15-13-23)18-8-4-3-5-9-18/h3-5,8-9,17H,6-7,10-16H2,1-2H3,(H3,20,21,22). The van der Waals surface area contributed by atoms with Gasteiger partial charge in [0.05, 0.1) is 6.61 Å². The maximum atomic E-state index is 5.87. The van der Waals surface area contributed by atoms with Crippen molar-refractivity contribution in [2.45, 2.75) is 25.8 Å². The molecule has 1 heterocycles. The summed E-state index contributed by atoms with van der Waals surface area (Å²) in [5.41, 5.74) is 7.20. The lowest BCUT2D eigenvalue weighted by molar-refractivity contribution is 0.179. The molecule has 2 rings (SSSR count). The number of nitrogens with two attached hydrogens (primary N) is 1. The van der Waals surface area contributed by atoms with Crippen LogP contribution in [-0.4, -0.2) is 69.9 Å². The molecule has 1 atom stereocenters. The van der Waals surface area contributed by atoms with Crippen molar-refractivity contribution in [3.8, 4) is 0 Å². The second kappa shape index (κ2) is 10.9. The van der Waals surface area contributed by atoms with E-state index in [2.05, 4.69) is 50.4 Å². The van der Waals surface area contributed by atoms with Crippen LogP contribution < -0.4 is 16.0 Å². The number of piperazine rings is 1. The van der Waals surface area contributed by atoms with Crippen LogP contribution in [0.3, 0.4) is 0 Å². The maximum Gasteiger partial charge on any atom is 0.188 e. The van der Waals surface area contributed by atoms with Gasteiger partial charge in [-0.25, -0.2) is 0 Å². The highest BCUT2D eigenvalue weighted by atomic mass is 16.5. The predicted octanol–water partition coefficient (Wildman–Crippen LogP) is 1.53. The fraction of sp³-hybridized carbons (Fsp3) is 0.632. The third-order valence-electron chi connectivity index (χ3n) is 4.47. The lowest BCUT2D eigenvalue weighted by Crippen LogP contribution is -2.46. The number of para-hydroxylation sites is 1. The summed E-state index contributed by atoms with van der Waals surface area (Å²) in [6.45, 7) is 9.07. The van der Waals surface area contributed by atoms with Crippen molar-refractivity contribution >= 4 is 11.6 Å². The molecule has 0 bridgehead atoms. The van der Waals surface area contributed by atoms with Gasteiger partial charge in [-0.3, -0.25) is 9.89 Å². The first-order valence-corrected chi connectivity index (χ1v) is 9.27. The van der Waals surface area contributed by atoms with E-state index in [-0.39, 0.29) is 6.04 Å². The summed E-state index contributed by atoms with van der Waals surface area (Å²) in [5.74, 6) is 0.515. The van der Waals surface area contributed by atoms with E-state index in [9.17, 15) is 0 Å². The summed E-state index contributed by atoms with van der Waals surface area (Å²) >= 11 is 0. The highest BCUT2D eigenvalue weighted by Crippen LogP contribution is 2.15. The molecule has 1 aliphatic rings. The first-order valence-electron chi connectivity index (χ1n) is 9.27. The molecule has 6 heteroatoms. The van der Waals surface area contributed by atoms with Gasteiger partial charge in [-0.15, -0.1) is 0 Å². The molecule has 1 saturated heterocycles. The molecule has 1 fully saturated rings. The molecule has 140 valence electrons. The molecule has 1 aromatic rings. The lowest BCUT2D eigenvalue weighted by Gasteiger charge is -2.36. The molecule has 0 amide bonds. The minimum absolute atomic E-state index is 0.190. The minimum Gasteiger partial charge on any atom is -0.383 e. The van der Waals surface area contributed by atoms with Crippen molar-refractivity contribution in [3.63, 3.8) is 0 Å². The van der Waals surface area contributed by atoms with Crippen LogP contribution in [0.15, 0.2) is 35.3 Å². The van der Waals surface area contributed by atoms with Gasteiger partial charge in [-0.2, -0.15) is 0 Å². The van der Waals surface area contributed by atoms with Crippen molar-refractivity contribution < 1.29 is 4.74 Å². The third-order valence-corrected chi connectivity index (χ3v) is 4.47. The molecule has 1 unspecified atom stereocenters. The average Bonchev–Trinajstić information content (AvgIpc) is 2.63. The molecule has 0 aromatic heterocycles. The Bertz CT molecular complexity index is 500. The van der Waals surface area contributed by atoms with Gasteiger partial charge in [0.1, 0.15) is 0 Å². The van der Waals surface area contributed by atoms with E-state index in [0.29, 0.717) is 12.6 Å².